The lowest BCUT2D eigenvalue weighted by Crippen LogP contribution is -2.11. The molecule has 1 unspecified atom stereocenters. The van der Waals surface area contributed by atoms with Crippen molar-refractivity contribution < 1.29 is 4.79 Å². The molecule has 5 nitrogen and oxygen atoms in total. The van der Waals surface area contributed by atoms with E-state index in [1.807, 2.05) is 61.5 Å². The number of carbonyl (C=O) groups is 1. The van der Waals surface area contributed by atoms with Gasteiger partial charge in [-0.15, -0.1) is 10.2 Å². The summed E-state index contributed by atoms with van der Waals surface area (Å²) in [5.41, 5.74) is 5.71. The fourth-order valence-corrected chi connectivity index (χ4v) is 3.37. The second kappa shape index (κ2) is 7.56. The zero-order valence-corrected chi connectivity index (χ0v) is 15.8. The predicted molar refractivity (Wildman–Crippen MR) is 109 cm³/mol. The second-order valence-electron chi connectivity index (χ2n) is 6.75. The molecule has 138 valence electrons. The fraction of sp³-hybridized carbons (Fsp3) is 0.130. The first-order valence-electron chi connectivity index (χ1n) is 9.17. The number of rotatable bonds is 5. The molecular formula is C23H20N4O. The number of carbonyl (C=O) groups excluding carboxylic acids is 1. The predicted octanol–water partition coefficient (Wildman–Crippen LogP) is 4.74. The smallest absolute Gasteiger partial charge is 0.205 e. The quantitative estimate of drug-likeness (QED) is 0.478. The van der Waals surface area contributed by atoms with Gasteiger partial charge in [0.2, 0.25) is 5.82 Å². The molecule has 0 aliphatic heterocycles. The molecule has 0 fully saturated rings. The van der Waals surface area contributed by atoms with Gasteiger partial charge >= 0.3 is 0 Å². The van der Waals surface area contributed by atoms with Crippen LogP contribution in [0.25, 0.3) is 22.5 Å². The summed E-state index contributed by atoms with van der Waals surface area (Å²) in [5.74, 6) is 0.503. The molecule has 0 aliphatic carbocycles. The van der Waals surface area contributed by atoms with Crippen molar-refractivity contribution in [3.8, 4) is 22.5 Å². The zero-order valence-electron chi connectivity index (χ0n) is 15.8. The van der Waals surface area contributed by atoms with Gasteiger partial charge in [0.25, 0.3) is 0 Å². The Labute approximate surface area is 163 Å². The van der Waals surface area contributed by atoms with Crippen LogP contribution in [0, 0.1) is 6.92 Å². The molecule has 0 spiro atoms. The molecule has 28 heavy (non-hydrogen) atoms. The summed E-state index contributed by atoms with van der Waals surface area (Å²) in [5, 5.41) is 13.2. The van der Waals surface area contributed by atoms with Crippen molar-refractivity contribution in [2.75, 3.05) is 0 Å². The minimum atomic E-state index is -0.0446. The van der Waals surface area contributed by atoms with Crippen LogP contribution in [-0.4, -0.2) is 26.5 Å². The molecule has 0 bridgehead atoms. The van der Waals surface area contributed by atoms with Crippen molar-refractivity contribution in [3.63, 3.8) is 0 Å². The Kier molecular flexibility index (Phi) is 4.81. The summed E-state index contributed by atoms with van der Waals surface area (Å²) < 4.78 is 0. The van der Waals surface area contributed by atoms with Gasteiger partial charge in [0.1, 0.15) is 6.29 Å². The Morgan fingerprint density at radius 3 is 2.43 bits per heavy atom. The third-order valence-corrected chi connectivity index (χ3v) is 4.92. The number of hydrogen-bond acceptors (Lipinski definition) is 4. The van der Waals surface area contributed by atoms with Crippen LogP contribution >= 0.6 is 0 Å². The summed E-state index contributed by atoms with van der Waals surface area (Å²) in [7, 11) is 0. The highest BCUT2D eigenvalue weighted by Crippen LogP contribution is 2.31. The van der Waals surface area contributed by atoms with Gasteiger partial charge in [-0.25, -0.2) is 0 Å². The van der Waals surface area contributed by atoms with E-state index in [9.17, 15) is 4.79 Å². The first-order chi connectivity index (χ1) is 13.7. The van der Waals surface area contributed by atoms with Crippen LogP contribution < -0.4 is 0 Å². The van der Waals surface area contributed by atoms with Crippen molar-refractivity contribution in [1.82, 2.24) is 20.2 Å². The average molecular weight is 368 g/mol. The molecule has 3 aromatic carbocycles. The van der Waals surface area contributed by atoms with E-state index in [2.05, 4.69) is 34.5 Å². The summed E-state index contributed by atoms with van der Waals surface area (Å²) in [4.78, 5) is 12.9. The minimum Gasteiger partial charge on any atom is -0.298 e. The lowest BCUT2D eigenvalue weighted by molar-refractivity contribution is 0.112. The lowest BCUT2D eigenvalue weighted by atomic mass is 9.97. The van der Waals surface area contributed by atoms with Gasteiger partial charge in [0, 0.05) is 11.1 Å². The van der Waals surface area contributed by atoms with E-state index in [0.717, 1.165) is 28.5 Å². The van der Waals surface area contributed by atoms with Crippen LogP contribution in [0.3, 0.4) is 0 Å². The van der Waals surface area contributed by atoms with Crippen LogP contribution in [0.5, 0.6) is 0 Å². The first-order valence-corrected chi connectivity index (χ1v) is 9.17. The highest BCUT2D eigenvalue weighted by Gasteiger charge is 2.17. The molecule has 5 heteroatoms. The van der Waals surface area contributed by atoms with Gasteiger partial charge in [0.05, 0.1) is 6.04 Å². The van der Waals surface area contributed by atoms with E-state index in [1.165, 1.54) is 5.56 Å². The third-order valence-electron chi connectivity index (χ3n) is 4.92. The van der Waals surface area contributed by atoms with Gasteiger partial charge in [-0.05, 0) is 47.4 Å². The Hall–Kier alpha value is -3.60. The Balaban J connectivity index is 1.78. The molecule has 4 aromatic rings. The zero-order chi connectivity index (χ0) is 19.5. The SMILES string of the molecule is Cc1ccccc1C(C)n1nnc(-c2cc(C=O)ccc2-c2ccccc2)n1. The van der Waals surface area contributed by atoms with Crippen LogP contribution in [-0.2, 0) is 0 Å². The monoisotopic (exact) mass is 368 g/mol. The maximum Gasteiger partial charge on any atom is 0.205 e. The van der Waals surface area contributed by atoms with Crippen LogP contribution in [0.15, 0.2) is 72.8 Å². The fourth-order valence-electron chi connectivity index (χ4n) is 3.37. The highest BCUT2D eigenvalue weighted by molar-refractivity contribution is 5.86. The van der Waals surface area contributed by atoms with Gasteiger partial charge in [-0.2, -0.15) is 4.80 Å². The van der Waals surface area contributed by atoms with E-state index in [0.29, 0.717) is 11.4 Å². The van der Waals surface area contributed by atoms with Crippen LogP contribution in [0.2, 0.25) is 0 Å². The molecule has 0 saturated carbocycles. The largest absolute Gasteiger partial charge is 0.298 e. The second-order valence-corrected chi connectivity index (χ2v) is 6.75. The van der Waals surface area contributed by atoms with E-state index in [1.54, 1.807) is 10.9 Å². The van der Waals surface area contributed by atoms with Gasteiger partial charge in [-0.1, -0.05) is 66.7 Å². The van der Waals surface area contributed by atoms with Crippen molar-refractivity contribution in [2.24, 2.45) is 0 Å². The van der Waals surface area contributed by atoms with E-state index in [-0.39, 0.29) is 6.04 Å². The number of benzene rings is 3. The number of nitrogens with zero attached hydrogens (tertiary/aromatic N) is 4. The number of aldehydes is 1. The molecule has 4 rings (SSSR count). The highest BCUT2D eigenvalue weighted by atomic mass is 16.1. The maximum atomic E-state index is 11.3. The molecule has 0 radical (unpaired) electrons. The van der Waals surface area contributed by atoms with Crippen LogP contribution in [0.4, 0.5) is 0 Å². The van der Waals surface area contributed by atoms with Crippen molar-refractivity contribution in [2.45, 2.75) is 19.9 Å². The van der Waals surface area contributed by atoms with E-state index in [4.69, 9.17) is 0 Å². The molecule has 1 atom stereocenters. The summed E-state index contributed by atoms with van der Waals surface area (Å²) in [6.07, 6.45) is 0.832. The number of hydrogen-bond donors (Lipinski definition) is 0. The van der Waals surface area contributed by atoms with Crippen molar-refractivity contribution in [3.05, 3.63) is 89.5 Å². The third kappa shape index (κ3) is 3.34. The average Bonchev–Trinajstić information content (AvgIpc) is 3.24. The summed E-state index contributed by atoms with van der Waals surface area (Å²) >= 11 is 0. The minimum absolute atomic E-state index is 0.0446. The summed E-state index contributed by atoms with van der Waals surface area (Å²) in [6.45, 7) is 4.12. The lowest BCUT2D eigenvalue weighted by Gasteiger charge is -2.12. The number of tetrazole rings is 1. The van der Waals surface area contributed by atoms with Crippen molar-refractivity contribution >= 4 is 6.29 Å². The molecular weight excluding hydrogens is 348 g/mol. The molecule has 0 saturated heterocycles. The Morgan fingerprint density at radius 2 is 1.68 bits per heavy atom. The van der Waals surface area contributed by atoms with Crippen molar-refractivity contribution in [1.29, 1.82) is 0 Å². The maximum absolute atomic E-state index is 11.3. The standard InChI is InChI=1S/C23H20N4O/c1-16-8-6-7-11-20(16)17(2)27-25-23(24-26-27)22-14-18(15-28)12-13-21(22)19-9-4-3-5-10-19/h3-15,17H,1-2H3. The van der Waals surface area contributed by atoms with E-state index < -0.39 is 0 Å². The molecule has 1 heterocycles. The number of aryl methyl sites for hydroxylation is 1. The molecule has 0 N–H and O–H groups in total. The molecule has 0 aliphatic rings. The Morgan fingerprint density at radius 1 is 0.929 bits per heavy atom. The van der Waals surface area contributed by atoms with Gasteiger partial charge in [-0.3, -0.25) is 4.79 Å². The van der Waals surface area contributed by atoms with Crippen LogP contribution in [0.1, 0.15) is 34.5 Å². The normalized spacial score (nSPS) is 11.9. The summed E-state index contributed by atoms with van der Waals surface area (Å²) in [6, 6.07) is 23.7. The Bertz CT molecular complexity index is 1120. The first kappa shape index (κ1) is 17.8. The molecule has 0 amide bonds. The van der Waals surface area contributed by atoms with Gasteiger partial charge in [0.15, 0.2) is 0 Å². The number of aromatic nitrogens is 4. The molecule has 1 aromatic heterocycles. The van der Waals surface area contributed by atoms with E-state index >= 15 is 0 Å². The van der Waals surface area contributed by atoms with Gasteiger partial charge < -0.3 is 0 Å². The topological polar surface area (TPSA) is 60.7 Å².